The lowest BCUT2D eigenvalue weighted by molar-refractivity contribution is -0.146. The number of esters is 1. The maximum absolute atomic E-state index is 15.1. The van der Waals surface area contributed by atoms with Gasteiger partial charge in [0, 0.05) is 33.4 Å². The molecular weight excluding hydrogens is 587 g/mol. The summed E-state index contributed by atoms with van der Waals surface area (Å²) in [5.41, 5.74) is 5.23. The summed E-state index contributed by atoms with van der Waals surface area (Å²) < 4.78 is 20.6. The molecule has 0 saturated heterocycles. The predicted octanol–water partition coefficient (Wildman–Crippen LogP) is 9.20. The Morgan fingerprint density at radius 3 is 1.91 bits per heavy atom. The summed E-state index contributed by atoms with van der Waals surface area (Å²) in [6.07, 6.45) is 2.20. The number of rotatable bonds is 14. The Kier molecular flexibility index (Phi) is 12.0. The van der Waals surface area contributed by atoms with Crippen molar-refractivity contribution in [3.05, 3.63) is 98.6 Å². The summed E-state index contributed by atoms with van der Waals surface area (Å²) in [6.45, 7) is 18.1. The molecule has 5 nitrogen and oxygen atoms in total. The first-order valence-corrected chi connectivity index (χ1v) is 18.2. The summed E-state index contributed by atoms with van der Waals surface area (Å²) in [6, 6.07) is 14.2. The van der Waals surface area contributed by atoms with Crippen molar-refractivity contribution in [2.75, 3.05) is 12.4 Å². The van der Waals surface area contributed by atoms with Crippen molar-refractivity contribution in [3.63, 3.8) is 0 Å². The lowest BCUT2D eigenvalue weighted by Gasteiger charge is -2.25. The second-order valence-corrected chi connectivity index (χ2v) is 16.0. The SMILES string of the molecule is CCC(C)(CC)COC(=O)CCSCc1c(C)cc(C)c(C(=O)P(=O)(C(=O)c2c(C)cc(C)cc2C)c2ccccc2)c1C. The number of thioether (sulfide) groups is 1. The van der Waals surface area contributed by atoms with Crippen molar-refractivity contribution in [2.24, 2.45) is 5.41 Å². The quantitative estimate of drug-likeness (QED) is 0.1000. The molecule has 3 aromatic rings. The van der Waals surface area contributed by atoms with Crippen LogP contribution in [-0.4, -0.2) is 29.4 Å². The highest BCUT2D eigenvalue weighted by molar-refractivity contribution is 8.01. The van der Waals surface area contributed by atoms with Gasteiger partial charge >= 0.3 is 5.97 Å². The molecule has 0 saturated carbocycles. The Morgan fingerprint density at radius 1 is 0.795 bits per heavy atom. The van der Waals surface area contributed by atoms with Gasteiger partial charge in [-0.05, 0) is 87.8 Å². The Morgan fingerprint density at radius 2 is 1.34 bits per heavy atom. The van der Waals surface area contributed by atoms with Crippen molar-refractivity contribution >= 4 is 41.2 Å². The highest BCUT2D eigenvalue weighted by Crippen LogP contribution is 2.53. The molecule has 0 radical (unpaired) electrons. The van der Waals surface area contributed by atoms with E-state index in [1.54, 1.807) is 42.1 Å². The molecule has 0 fully saturated rings. The van der Waals surface area contributed by atoms with Gasteiger partial charge in [-0.25, -0.2) is 0 Å². The van der Waals surface area contributed by atoms with E-state index < -0.39 is 18.2 Å². The summed E-state index contributed by atoms with van der Waals surface area (Å²) in [4.78, 5) is 41.3. The van der Waals surface area contributed by atoms with Crippen LogP contribution in [-0.2, 0) is 19.8 Å². The van der Waals surface area contributed by atoms with Gasteiger partial charge in [0.15, 0.2) is 0 Å². The number of hydrogen-bond acceptors (Lipinski definition) is 6. The van der Waals surface area contributed by atoms with E-state index in [0.29, 0.717) is 52.4 Å². The average molecular weight is 635 g/mol. The van der Waals surface area contributed by atoms with Crippen LogP contribution < -0.4 is 5.30 Å². The number of ether oxygens (including phenoxy) is 1. The summed E-state index contributed by atoms with van der Waals surface area (Å²) >= 11 is 1.60. The number of hydrogen-bond donors (Lipinski definition) is 0. The molecule has 0 aliphatic carbocycles. The van der Waals surface area contributed by atoms with Crippen molar-refractivity contribution < 1.29 is 23.7 Å². The van der Waals surface area contributed by atoms with Gasteiger partial charge in [-0.15, -0.1) is 0 Å². The van der Waals surface area contributed by atoms with Crippen LogP contribution in [0.5, 0.6) is 0 Å². The zero-order chi connectivity index (χ0) is 32.8. The smallest absolute Gasteiger partial charge is 0.306 e. The molecule has 7 heteroatoms. The second kappa shape index (κ2) is 14.9. The largest absolute Gasteiger partial charge is 0.465 e. The fourth-order valence-corrected chi connectivity index (χ4v) is 9.36. The number of benzene rings is 3. The van der Waals surface area contributed by atoms with Gasteiger partial charge < -0.3 is 9.30 Å². The lowest BCUT2D eigenvalue weighted by Crippen LogP contribution is -2.24. The predicted molar refractivity (Wildman–Crippen MR) is 184 cm³/mol. The fourth-order valence-electron chi connectivity index (χ4n) is 5.69. The average Bonchev–Trinajstić information content (AvgIpc) is 2.98. The second-order valence-electron chi connectivity index (χ2n) is 12.3. The lowest BCUT2D eigenvalue weighted by atomic mass is 9.86. The van der Waals surface area contributed by atoms with Gasteiger partial charge in [0.1, 0.15) is 0 Å². The maximum atomic E-state index is 15.1. The van der Waals surface area contributed by atoms with Gasteiger partial charge in [-0.3, -0.25) is 14.4 Å². The summed E-state index contributed by atoms with van der Waals surface area (Å²) in [5.74, 6) is 0.951. The highest BCUT2D eigenvalue weighted by Gasteiger charge is 2.45. The molecule has 0 aliphatic rings. The van der Waals surface area contributed by atoms with E-state index in [1.165, 1.54) is 0 Å². The van der Waals surface area contributed by atoms with Crippen LogP contribution in [0.2, 0.25) is 0 Å². The molecule has 0 aliphatic heterocycles. The molecule has 3 aromatic carbocycles. The Labute approximate surface area is 267 Å². The van der Waals surface area contributed by atoms with Crippen LogP contribution in [0, 0.1) is 47.0 Å². The zero-order valence-corrected chi connectivity index (χ0v) is 29.5. The van der Waals surface area contributed by atoms with E-state index in [0.717, 1.165) is 35.1 Å². The van der Waals surface area contributed by atoms with Gasteiger partial charge in [0.2, 0.25) is 18.2 Å². The van der Waals surface area contributed by atoms with Gasteiger partial charge in [-0.2, -0.15) is 11.8 Å². The third-order valence-electron chi connectivity index (χ3n) is 8.91. The van der Waals surface area contributed by atoms with Crippen molar-refractivity contribution in [1.82, 2.24) is 0 Å². The number of carbonyl (C=O) groups excluding carboxylic acids is 3. The molecule has 0 N–H and O–H groups in total. The first kappa shape index (κ1) is 35.5. The molecule has 3 rings (SSSR count). The Bertz CT molecular complexity index is 1560. The molecule has 0 aromatic heterocycles. The molecule has 44 heavy (non-hydrogen) atoms. The van der Waals surface area contributed by atoms with E-state index in [9.17, 15) is 14.4 Å². The standard InChI is InChI=1S/C37H47O5PS/c1-10-37(9,11-2)23-42-32(38)17-18-44-22-31-25(4)21-28(7)34(29(31)8)36(40)43(41,30-15-13-12-14-16-30)35(39)33-26(5)19-24(3)20-27(33)6/h12-16,19-21H,10-11,17-18,22-23H2,1-9H3. The van der Waals surface area contributed by atoms with E-state index >= 15 is 4.57 Å². The van der Waals surface area contributed by atoms with Gasteiger partial charge in [0.25, 0.3) is 0 Å². The monoisotopic (exact) mass is 634 g/mol. The van der Waals surface area contributed by atoms with Crippen LogP contribution in [0.1, 0.15) is 99.7 Å². The molecular formula is C37H47O5PS. The summed E-state index contributed by atoms with van der Waals surface area (Å²) in [7, 11) is -4.27. The molecule has 0 spiro atoms. The Balaban J connectivity index is 1.94. The van der Waals surface area contributed by atoms with E-state index in [2.05, 4.69) is 20.8 Å². The first-order chi connectivity index (χ1) is 20.7. The first-order valence-electron chi connectivity index (χ1n) is 15.4. The molecule has 0 amide bonds. The van der Waals surface area contributed by atoms with Crippen LogP contribution in [0.15, 0.2) is 48.5 Å². The minimum Gasteiger partial charge on any atom is -0.465 e. The summed E-state index contributed by atoms with van der Waals surface area (Å²) in [5, 5.41) is 0.241. The minimum absolute atomic E-state index is 0.000715. The topological polar surface area (TPSA) is 77.5 Å². The molecule has 1 atom stereocenters. The van der Waals surface area contributed by atoms with Crippen LogP contribution in [0.25, 0.3) is 0 Å². The normalized spacial score (nSPS) is 12.9. The number of aryl methyl sites for hydroxylation is 5. The van der Waals surface area contributed by atoms with Crippen molar-refractivity contribution in [2.45, 2.75) is 87.3 Å². The maximum Gasteiger partial charge on any atom is 0.306 e. The van der Waals surface area contributed by atoms with Crippen LogP contribution in [0.3, 0.4) is 0 Å². The van der Waals surface area contributed by atoms with E-state index in [1.807, 2.05) is 59.7 Å². The minimum atomic E-state index is -4.27. The molecule has 1 unspecified atom stereocenters. The molecule has 0 heterocycles. The van der Waals surface area contributed by atoms with Crippen molar-refractivity contribution in [1.29, 1.82) is 0 Å². The van der Waals surface area contributed by atoms with Gasteiger partial charge in [-0.1, -0.05) is 74.9 Å². The highest BCUT2D eigenvalue weighted by atomic mass is 32.2. The third-order valence-corrected chi connectivity index (χ3v) is 12.5. The fraction of sp³-hybridized carbons (Fsp3) is 0.432. The third kappa shape index (κ3) is 7.64. The van der Waals surface area contributed by atoms with Crippen molar-refractivity contribution in [3.8, 4) is 0 Å². The zero-order valence-electron chi connectivity index (χ0n) is 27.8. The van der Waals surface area contributed by atoms with E-state index in [4.69, 9.17) is 4.74 Å². The molecule has 236 valence electrons. The molecule has 0 bridgehead atoms. The number of carbonyl (C=O) groups is 3. The van der Waals surface area contributed by atoms with Crippen LogP contribution >= 0.6 is 18.9 Å². The van der Waals surface area contributed by atoms with E-state index in [-0.39, 0.29) is 16.7 Å². The Hall–Kier alpha value is -2.95. The van der Waals surface area contributed by atoms with Crippen LogP contribution in [0.4, 0.5) is 0 Å². The van der Waals surface area contributed by atoms with Gasteiger partial charge in [0.05, 0.1) is 13.0 Å².